The fraction of sp³-hybridized carbons (Fsp3) is 0.294. The monoisotopic (exact) mass is 333 g/mol. The Labute approximate surface area is 141 Å². The molecule has 5 nitrogen and oxygen atoms in total. The minimum absolute atomic E-state index is 0.140. The van der Waals surface area contributed by atoms with Gasteiger partial charge in [-0.3, -0.25) is 9.69 Å². The summed E-state index contributed by atoms with van der Waals surface area (Å²) < 4.78 is 5.72. The summed E-state index contributed by atoms with van der Waals surface area (Å²) in [6.45, 7) is 3.41. The zero-order valence-electron chi connectivity index (χ0n) is 13.3. The molecule has 0 fully saturated rings. The standard InChI is InChI=1S/C17H20ClN3O2/c1-13-6-3-4-8-15(13)23-11-10-21(2)12-16(22)20-14-7-5-9-19-17(14)18/h3-9H,10-12H2,1-2H3,(H,20,22). The molecular weight excluding hydrogens is 314 g/mol. The molecule has 0 bridgehead atoms. The first kappa shape index (κ1) is 17.2. The topological polar surface area (TPSA) is 54.5 Å². The molecule has 6 heteroatoms. The largest absolute Gasteiger partial charge is 0.492 e. The summed E-state index contributed by atoms with van der Waals surface area (Å²) in [6, 6.07) is 11.3. The smallest absolute Gasteiger partial charge is 0.238 e. The summed E-state index contributed by atoms with van der Waals surface area (Å²) in [5, 5.41) is 3.03. The number of benzene rings is 1. The Morgan fingerprint density at radius 1 is 1.30 bits per heavy atom. The molecule has 0 atom stereocenters. The first-order chi connectivity index (χ1) is 11.1. The summed E-state index contributed by atoms with van der Waals surface area (Å²) in [6.07, 6.45) is 1.58. The van der Waals surface area contributed by atoms with Crippen LogP contribution in [0.2, 0.25) is 5.15 Å². The maximum absolute atomic E-state index is 12.0. The number of ether oxygens (including phenoxy) is 1. The molecule has 2 rings (SSSR count). The second kappa shape index (κ2) is 8.50. The average Bonchev–Trinajstić information content (AvgIpc) is 2.51. The molecule has 0 radical (unpaired) electrons. The molecule has 0 aliphatic rings. The van der Waals surface area contributed by atoms with Crippen molar-refractivity contribution in [2.24, 2.45) is 0 Å². The molecule has 1 aromatic carbocycles. The van der Waals surface area contributed by atoms with Gasteiger partial charge in [0.15, 0.2) is 5.15 Å². The Morgan fingerprint density at radius 3 is 2.83 bits per heavy atom. The van der Waals surface area contributed by atoms with Gasteiger partial charge in [0.1, 0.15) is 12.4 Å². The maximum Gasteiger partial charge on any atom is 0.238 e. The van der Waals surface area contributed by atoms with Crippen LogP contribution in [0.1, 0.15) is 5.56 Å². The molecule has 0 spiro atoms. The first-order valence-electron chi connectivity index (χ1n) is 7.33. The van der Waals surface area contributed by atoms with Crippen LogP contribution in [0.4, 0.5) is 5.69 Å². The zero-order valence-corrected chi connectivity index (χ0v) is 14.0. The number of rotatable bonds is 7. The molecule has 1 amide bonds. The lowest BCUT2D eigenvalue weighted by molar-refractivity contribution is -0.117. The van der Waals surface area contributed by atoms with E-state index in [1.807, 2.05) is 43.1 Å². The van der Waals surface area contributed by atoms with Crippen LogP contribution in [0.15, 0.2) is 42.6 Å². The third-order valence-electron chi connectivity index (χ3n) is 3.27. The number of carbonyl (C=O) groups is 1. The Bertz CT molecular complexity index is 664. The lowest BCUT2D eigenvalue weighted by Gasteiger charge is -2.17. The van der Waals surface area contributed by atoms with Gasteiger partial charge < -0.3 is 10.1 Å². The fourth-order valence-electron chi connectivity index (χ4n) is 2.02. The van der Waals surface area contributed by atoms with Gasteiger partial charge in [0.25, 0.3) is 0 Å². The second-order valence-corrected chi connectivity index (χ2v) is 5.60. The SMILES string of the molecule is Cc1ccccc1OCCN(C)CC(=O)Nc1cccnc1Cl. The molecule has 0 aliphatic carbocycles. The summed E-state index contributed by atoms with van der Waals surface area (Å²) in [4.78, 5) is 17.8. The van der Waals surface area contributed by atoms with Gasteiger partial charge in [-0.1, -0.05) is 29.8 Å². The van der Waals surface area contributed by atoms with Gasteiger partial charge >= 0.3 is 0 Å². The van der Waals surface area contributed by atoms with Crippen LogP contribution in [-0.4, -0.2) is 42.5 Å². The van der Waals surface area contributed by atoms with Crippen molar-refractivity contribution in [1.82, 2.24) is 9.88 Å². The number of anilines is 1. The Morgan fingerprint density at radius 2 is 2.09 bits per heavy atom. The summed E-state index contributed by atoms with van der Waals surface area (Å²) in [5.41, 5.74) is 1.61. The summed E-state index contributed by atoms with van der Waals surface area (Å²) in [5.74, 6) is 0.728. The predicted octanol–water partition coefficient (Wildman–Crippen LogP) is 2.99. The highest BCUT2D eigenvalue weighted by Gasteiger charge is 2.09. The molecule has 1 aromatic heterocycles. The second-order valence-electron chi connectivity index (χ2n) is 5.24. The van der Waals surface area contributed by atoms with E-state index in [9.17, 15) is 4.79 Å². The van der Waals surface area contributed by atoms with Gasteiger partial charge in [0.05, 0.1) is 12.2 Å². The highest BCUT2D eigenvalue weighted by Crippen LogP contribution is 2.17. The summed E-state index contributed by atoms with van der Waals surface area (Å²) in [7, 11) is 1.87. The van der Waals surface area contributed by atoms with E-state index in [4.69, 9.17) is 16.3 Å². The zero-order chi connectivity index (χ0) is 16.7. The number of halogens is 1. The first-order valence-corrected chi connectivity index (χ1v) is 7.71. The molecule has 0 unspecified atom stereocenters. The Hall–Kier alpha value is -2.11. The van der Waals surface area contributed by atoms with Crippen molar-refractivity contribution in [3.63, 3.8) is 0 Å². The predicted molar refractivity (Wildman–Crippen MR) is 92.0 cm³/mol. The van der Waals surface area contributed by atoms with Crippen LogP contribution >= 0.6 is 11.6 Å². The van der Waals surface area contributed by atoms with Gasteiger partial charge in [-0.2, -0.15) is 0 Å². The fourth-order valence-corrected chi connectivity index (χ4v) is 2.19. The van der Waals surface area contributed by atoms with Crippen molar-refractivity contribution >= 4 is 23.2 Å². The van der Waals surface area contributed by atoms with E-state index >= 15 is 0 Å². The number of nitrogens with zero attached hydrogens (tertiary/aromatic N) is 2. The van der Waals surface area contributed by atoms with Crippen LogP contribution in [0.5, 0.6) is 5.75 Å². The Balaban J connectivity index is 1.74. The average molecular weight is 334 g/mol. The van der Waals surface area contributed by atoms with E-state index in [-0.39, 0.29) is 17.6 Å². The van der Waals surface area contributed by atoms with Crippen molar-refractivity contribution < 1.29 is 9.53 Å². The number of likely N-dealkylation sites (N-methyl/N-ethyl adjacent to an activating group) is 1. The van der Waals surface area contributed by atoms with E-state index < -0.39 is 0 Å². The number of hydrogen-bond donors (Lipinski definition) is 1. The maximum atomic E-state index is 12.0. The van der Waals surface area contributed by atoms with E-state index in [1.165, 1.54) is 0 Å². The van der Waals surface area contributed by atoms with E-state index in [0.717, 1.165) is 11.3 Å². The van der Waals surface area contributed by atoms with Gasteiger partial charge in [0.2, 0.25) is 5.91 Å². The lowest BCUT2D eigenvalue weighted by atomic mass is 10.2. The number of nitrogens with one attached hydrogen (secondary N) is 1. The number of amides is 1. The van der Waals surface area contributed by atoms with Crippen molar-refractivity contribution in [1.29, 1.82) is 0 Å². The molecule has 0 aliphatic heterocycles. The number of aryl methyl sites for hydroxylation is 1. The van der Waals surface area contributed by atoms with Crippen LogP contribution in [0.3, 0.4) is 0 Å². The Kier molecular flexibility index (Phi) is 6.38. The van der Waals surface area contributed by atoms with Crippen molar-refractivity contribution in [2.75, 3.05) is 32.1 Å². The third kappa shape index (κ3) is 5.54. The quantitative estimate of drug-likeness (QED) is 0.791. The minimum atomic E-state index is -0.140. The molecule has 1 N–H and O–H groups in total. The molecule has 1 heterocycles. The van der Waals surface area contributed by atoms with Crippen LogP contribution in [0.25, 0.3) is 0 Å². The number of hydrogen-bond acceptors (Lipinski definition) is 4. The van der Waals surface area contributed by atoms with Crippen LogP contribution in [0, 0.1) is 6.92 Å². The van der Waals surface area contributed by atoms with E-state index in [1.54, 1.807) is 18.3 Å². The van der Waals surface area contributed by atoms with E-state index in [0.29, 0.717) is 18.8 Å². The molecule has 122 valence electrons. The highest BCUT2D eigenvalue weighted by molar-refractivity contribution is 6.32. The highest BCUT2D eigenvalue weighted by atomic mass is 35.5. The van der Waals surface area contributed by atoms with Crippen LogP contribution in [-0.2, 0) is 4.79 Å². The normalized spacial score (nSPS) is 10.6. The lowest BCUT2D eigenvalue weighted by Crippen LogP contribution is -2.33. The van der Waals surface area contributed by atoms with Gasteiger partial charge in [-0.25, -0.2) is 4.98 Å². The molecular formula is C17H20ClN3O2. The number of pyridine rings is 1. The van der Waals surface area contributed by atoms with Gasteiger partial charge in [0, 0.05) is 12.7 Å². The van der Waals surface area contributed by atoms with Crippen molar-refractivity contribution in [3.05, 3.63) is 53.3 Å². The number of aromatic nitrogens is 1. The minimum Gasteiger partial charge on any atom is -0.492 e. The molecule has 0 saturated carbocycles. The van der Waals surface area contributed by atoms with Gasteiger partial charge in [-0.15, -0.1) is 0 Å². The van der Waals surface area contributed by atoms with Crippen molar-refractivity contribution in [2.45, 2.75) is 6.92 Å². The van der Waals surface area contributed by atoms with Crippen LogP contribution < -0.4 is 10.1 Å². The summed E-state index contributed by atoms with van der Waals surface area (Å²) >= 11 is 5.91. The van der Waals surface area contributed by atoms with E-state index in [2.05, 4.69) is 10.3 Å². The number of carbonyl (C=O) groups excluding carboxylic acids is 1. The number of para-hydroxylation sites is 1. The molecule has 0 saturated heterocycles. The third-order valence-corrected chi connectivity index (χ3v) is 3.57. The van der Waals surface area contributed by atoms with Crippen molar-refractivity contribution in [3.8, 4) is 5.75 Å². The molecule has 2 aromatic rings. The molecule has 23 heavy (non-hydrogen) atoms. The van der Waals surface area contributed by atoms with Gasteiger partial charge in [-0.05, 0) is 37.7 Å².